The summed E-state index contributed by atoms with van der Waals surface area (Å²) in [6.07, 6.45) is 2.05. The number of anilines is 2. The molecule has 0 aliphatic carbocycles. The highest BCUT2D eigenvalue weighted by molar-refractivity contribution is 5.44. The third kappa shape index (κ3) is 3.88. The molecule has 1 aromatic heterocycles. The summed E-state index contributed by atoms with van der Waals surface area (Å²) in [5.41, 5.74) is 6.64. The highest BCUT2D eigenvalue weighted by atomic mass is 16.5. The smallest absolute Gasteiger partial charge is 0.222 e. The Kier molecular flexibility index (Phi) is 5.03. The average Bonchev–Trinajstić information content (AvgIpc) is 2.57. The quantitative estimate of drug-likeness (QED) is 0.910. The maximum absolute atomic E-state index is 6.16. The van der Waals surface area contributed by atoms with Crippen LogP contribution in [-0.2, 0) is 0 Å². The number of nitrogens with two attached hydrogens (primary N) is 1. The van der Waals surface area contributed by atoms with Gasteiger partial charge in [0.05, 0.1) is 6.61 Å². The van der Waals surface area contributed by atoms with Crippen molar-refractivity contribution in [2.75, 3.05) is 30.3 Å². The molecule has 2 heterocycles. The van der Waals surface area contributed by atoms with Crippen molar-refractivity contribution in [3.05, 3.63) is 36.0 Å². The average molecular weight is 328 g/mol. The molecule has 1 saturated heterocycles. The molecule has 1 fully saturated rings. The van der Waals surface area contributed by atoms with Gasteiger partial charge in [0, 0.05) is 37.7 Å². The van der Waals surface area contributed by atoms with Crippen LogP contribution in [0.3, 0.4) is 0 Å². The lowest BCUT2D eigenvalue weighted by Gasteiger charge is -2.33. The lowest BCUT2D eigenvalue weighted by Crippen LogP contribution is -2.38. The van der Waals surface area contributed by atoms with E-state index in [-0.39, 0.29) is 6.10 Å². The summed E-state index contributed by atoms with van der Waals surface area (Å²) in [6.45, 7) is 6.31. The zero-order chi connectivity index (χ0) is 16.9. The first kappa shape index (κ1) is 16.4. The van der Waals surface area contributed by atoms with Crippen molar-refractivity contribution in [1.29, 1.82) is 0 Å². The summed E-state index contributed by atoms with van der Waals surface area (Å²) < 4.78 is 11.8. The van der Waals surface area contributed by atoms with Crippen LogP contribution in [0.25, 0.3) is 0 Å². The lowest BCUT2D eigenvalue weighted by atomic mass is 10.1. The van der Waals surface area contributed by atoms with Gasteiger partial charge in [-0.3, -0.25) is 0 Å². The molecule has 1 aliphatic rings. The van der Waals surface area contributed by atoms with Gasteiger partial charge >= 0.3 is 0 Å². The maximum Gasteiger partial charge on any atom is 0.222 e. The van der Waals surface area contributed by atoms with Gasteiger partial charge in [0.2, 0.25) is 5.95 Å². The van der Waals surface area contributed by atoms with Crippen LogP contribution < -0.4 is 20.1 Å². The van der Waals surface area contributed by atoms with Crippen LogP contribution in [0, 0.1) is 6.92 Å². The summed E-state index contributed by atoms with van der Waals surface area (Å²) in [7, 11) is 0. The first-order chi connectivity index (χ1) is 11.7. The number of para-hydroxylation sites is 2. The molecule has 24 heavy (non-hydrogen) atoms. The number of ether oxygens (including phenoxy) is 2. The second kappa shape index (κ2) is 7.38. The number of aryl methyl sites for hydroxylation is 1. The van der Waals surface area contributed by atoms with Gasteiger partial charge in [-0.1, -0.05) is 12.1 Å². The minimum atomic E-state index is 0.183. The Labute approximate surface area is 142 Å². The number of benzene rings is 1. The fourth-order valence-electron chi connectivity index (χ4n) is 2.94. The van der Waals surface area contributed by atoms with E-state index >= 15 is 0 Å². The van der Waals surface area contributed by atoms with E-state index in [1.165, 1.54) is 0 Å². The van der Waals surface area contributed by atoms with Gasteiger partial charge in [0.15, 0.2) is 11.5 Å². The van der Waals surface area contributed by atoms with E-state index in [4.69, 9.17) is 15.2 Å². The first-order valence-corrected chi connectivity index (χ1v) is 8.40. The monoisotopic (exact) mass is 328 g/mol. The number of rotatable bonds is 5. The van der Waals surface area contributed by atoms with E-state index in [0.29, 0.717) is 12.6 Å². The molecule has 0 unspecified atom stereocenters. The Morgan fingerprint density at radius 1 is 1.17 bits per heavy atom. The van der Waals surface area contributed by atoms with E-state index in [1.54, 1.807) is 0 Å². The molecular weight excluding hydrogens is 304 g/mol. The lowest BCUT2D eigenvalue weighted by molar-refractivity contribution is 0.162. The van der Waals surface area contributed by atoms with Crippen molar-refractivity contribution in [3.8, 4) is 11.5 Å². The number of hydrogen-bond acceptors (Lipinski definition) is 6. The summed E-state index contributed by atoms with van der Waals surface area (Å²) >= 11 is 0. The summed E-state index contributed by atoms with van der Waals surface area (Å²) in [5.74, 6) is 2.85. The largest absolute Gasteiger partial charge is 0.490 e. The second-order valence-electron chi connectivity index (χ2n) is 5.91. The molecule has 6 heteroatoms. The molecule has 1 aliphatic heterocycles. The molecule has 0 amide bonds. The van der Waals surface area contributed by atoms with E-state index in [9.17, 15) is 0 Å². The molecule has 2 aromatic rings. The number of hydrogen-bond donors (Lipinski definition) is 1. The minimum absolute atomic E-state index is 0.183. The Hall–Kier alpha value is -2.50. The van der Waals surface area contributed by atoms with Crippen LogP contribution in [0.4, 0.5) is 11.8 Å². The third-order valence-electron chi connectivity index (χ3n) is 4.07. The fourth-order valence-corrected chi connectivity index (χ4v) is 2.94. The molecule has 0 saturated carbocycles. The SMILES string of the molecule is CCOc1ccccc1OC1CCN(c2cc(C)nc(N)n2)CC1. The molecule has 0 bridgehead atoms. The zero-order valence-electron chi connectivity index (χ0n) is 14.2. The highest BCUT2D eigenvalue weighted by Gasteiger charge is 2.23. The van der Waals surface area contributed by atoms with E-state index in [0.717, 1.165) is 48.9 Å². The summed E-state index contributed by atoms with van der Waals surface area (Å²) in [6, 6.07) is 9.82. The van der Waals surface area contributed by atoms with Gasteiger partial charge in [0.1, 0.15) is 11.9 Å². The van der Waals surface area contributed by atoms with Gasteiger partial charge in [-0.2, -0.15) is 4.98 Å². The van der Waals surface area contributed by atoms with Crippen LogP contribution >= 0.6 is 0 Å². The van der Waals surface area contributed by atoms with Crippen molar-refractivity contribution in [1.82, 2.24) is 9.97 Å². The van der Waals surface area contributed by atoms with Crippen LogP contribution in [0.15, 0.2) is 30.3 Å². The molecule has 2 N–H and O–H groups in total. The van der Waals surface area contributed by atoms with Gasteiger partial charge in [0.25, 0.3) is 0 Å². The number of nitrogen functional groups attached to an aromatic ring is 1. The number of nitrogens with zero attached hydrogens (tertiary/aromatic N) is 3. The zero-order valence-corrected chi connectivity index (χ0v) is 14.2. The van der Waals surface area contributed by atoms with E-state index in [2.05, 4.69) is 14.9 Å². The number of piperidine rings is 1. The van der Waals surface area contributed by atoms with Crippen molar-refractivity contribution in [2.24, 2.45) is 0 Å². The standard InChI is InChI=1S/C18H24N4O2/c1-3-23-15-6-4-5-7-16(15)24-14-8-10-22(11-9-14)17-12-13(2)20-18(19)21-17/h4-7,12,14H,3,8-11H2,1-2H3,(H2,19,20,21). The first-order valence-electron chi connectivity index (χ1n) is 8.40. The topological polar surface area (TPSA) is 73.5 Å². The van der Waals surface area contributed by atoms with Gasteiger partial charge in [-0.15, -0.1) is 0 Å². The molecule has 0 radical (unpaired) electrons. The minimum Gasteiger partial charge on any atom is -0.490 e. The molecule has 128 valence electrons. The van der Waals surface area contributed by atoms with Crippen molar-refractivity contribution < 1.29 is 9.47 Å². The fraction of sp³-hybridized carbons (Fsp3) is 0.444. The third-order valence-corrected chi connectivity index (χ3v) is 4.07. The van der Waals surface area contributed by atoms with E-state index in [1.807, 2.05) is 44.2 Å². The summed E-state index contributed by atoms with van der Waals surface area (Å²) in [5, 5.41) is 0. The van der Waals surface area contributed by atoms with Crippen LogP contribution in [0.5, 0.6) is 11.5 Å². The molecular formula is C18H24N4O2. The molecule has 6 nitrogen and oxygen atoms in total. The Balaban J connectivity index is 1.61. The predicted octanol–water partition coefficient (Wildman–Crippen LogP) is 2.81. The molecule has 3 rings (SSSR count). The van der Waals surface area contributed by atoms with Crippen molar-refractivity contribution in [2.45, 2.75) is 32.8 Å². The van der Waals surface area contributed by atoms with Gasteiger partial charge in [-0.05, 0) is 26.0 Å². The van der Waals surface area contributed by atoms with Gasteiger partial charge < -0.3 is 20.1 Å². The van der Waals surface area contributed by atoms with Crippen molar-refractivity contribution in [3.63, 3.8) is 0 Å². The molecule has 0 atom stereocenters. The predicted molar refractivity (Wildman–Crippen MR) is 94.7 cm³/mol. The van der Waals surface area contributed by atoms with Crippen molar-refractivity contribution >= 4 is 11.8 Å². The molecule has 1 aromatic carbocycles. The number of aromatic nitrogens is 2. The Morgan fingerprint density at radius 2 is 1.88 bits per heavy atom. The highest BCUT2D eigenvalue weighted by Crippen LogP contribution is 2.30. The normalized spacial score (nSPS) is 15.3. The van der Waals surface area contributed by atoms with Crippen LogP contribution in [0.1, 0.15) is 25.5 Å². The maximum atomic E-state index is 6.16. The van der Waals surface area contributed by atoms with Crippen LogP contribution in [0.2, 0.25) is 0 Å². The van der Waals surface area contributed by atoms with Crippen LogP contribution in [-0.4, -0.2) is 35.8 Å². The molecule has 0 spiro atoms. The Bertz CT molecular complexity index is 664. The summed E-state index contributed by atoms with van der Waals surface area (Å²) in [4.78, 5) is 10.7. The van der Waals surface area contributed by atoms with E-state index < -0.39 is 0 Å². The van der Waals surface area contributed by atoms with Gasteiger partial charge in [-0.25, -0.2) is 4.98 Å². The Morgan fingerprint density at radius 3 is 2.54 bits per heavy atom. The second-order valence-corrected chi connectivity index (χ2v) is 5.91.